The molecule has 0 spiro atoms. The number of thiocarbonyl (C=S) groups is 4. The van der Waals surface area contributed by atoms with Gasteiger partial charge in [-0.2, -0.15) is 0 Å². The van der Waals surface area contributed by atoms with Crippen LogP contribution in [-0.4, -0.2) is 68.4 Å². The Kier molecular flexibility index (Phi) is 17.2. The number of carbonyl (C=O) groups excluding carboxylic acids is 4. The van der Waals surface area contributed by atoms with Crippen molar-refractivity contribution in [3.8, 4) is 0 Å². The molecule has 0 unspecified atom stereocenters. The molecule has 20 nitrogen and oxygen atoms in total. The number of hydrogen-bond acceptors (Lipinski definition) is 16. The Hall–Kier alpha value is -5.46. The van der Waals surface area contributed by atoms with Crippen LogP contribution in [0.4, 0.5) is 0 Å². The number of amides is 4. The highest BCUT2D eigenvalue weighted by Crippen LogP contribution is 2.09. The summed E-state index contributed by atoms with van der Waals surface area (Å²) in [4.78, 5) is 46.9. The van der Waals surface area contributed by atoms with Crippen molar-refractivity contribution >= 4 is 117 Å². The predicted molar refractivity (Wildman–Crippen MR) is 169 cm³/mol. The van der Waals surface area contributed by atoms with Crippen molar-refractivity contribution in [3.63, 3.8) is 0 Å². The van der Waals surface area contributed by atoms with Gasteiger partial charge in [-0.15, -0.1) is 0 Å². The standard InChI is InChI=1S/C12H12N6O4S2.C8H12N6O4S2/c13-9(14)21-11(23)17-7(19)5-3-1-2-4-6(5)8(20)18-12(24)22-10(15)16;9-5(10)17-7(19)13-3(15)1-2-4(16)14-8(20)18-6(11)12/h1-4H,(H3,13,14)(H3,15,16)(H,17,19,23)(H,18,20,24);1-2H2,(H3,9,10)(H3,11,12)(H,13,15,19)(H,14,16,20). The molecular weight excluding hydrogens is 665 g/mol. The minimum absolute atomic E-state index is 0.0462. The summed E-state index contributed by atoms with van der Waals surface area (Å²) in [6.45, 7) is 0. The molecule has 0 saturated heterocycles. The molecule has 0 heterocycles. The number of ether oxygens (including phenoxy) is 4. The molecule has 0 aromatic heterocycles. The molecule has 1 rings (SSSR count). The molecule has 44 heavy (non-hydrogen) atoms. The Bertz CT molecular complexity index is 1300. The third-order valence-electron chi connectivity index (χ3n) is 3.72. The van der Waals surface area contributed by atoms with E-state index in [0.717, 1.165) is 0 Å². The van der Waals surface area contributed by atoms with E-state index in [1.807, 2.05) is 0 Å². The van der Waals surface area contributed by atoms with Crippen molar-refractivity contribution in [2.75, 3.05) is 0 Å². The highest BCUT2D eigenvalue weighted by molar-refractivity contribution is 7.80. The summed E-state index contributed by atoms with van der Waals surface area (Å²) < 4.78 is 17.9. The van der Waals surface area contributed by atoms with E-state index in [-0.39, 0.29) is 24.0 Å². The lowest BCUT2D eigenvalue weighted by Crippen LogP contribution is -2.37. The van der Waals surface area contributed by atoms with Gasteiger partial charge in [-0.1, -0.05) is 12.1 Å². The van der Waals surface area contributed by atoms with Crippen LogP contribution in [0.15, 0.2) is 24.3 Å². The third kappa shape index (κ3) is 18.1. The first-order valence-electron chi connectivity index (χ1n) is 11.0. The number of nitrogens with one attached hydrogen (secondary N) is 8. The molecule has 236 valence electrons. The minimum atomic E-state index is -0.759. The quantitative estimate of drug-likeness (QED) is 0.0897. The first-order valence-corrected chi connectivity index (χ1v) is 12.6. The molecule has 0 aliphatic rings. The number of rotatable bonds is 5. The van der Waals surface area contributed by atoms with E-state index >= 15 is 0 Å². The van der Waals surface area contributed by atoms with Crippen LogP contribution >= 0.6 is 48.9 Å². The van der Waals surface area contributed by atoms with Crippen molar-refractivity contribution in [2.45, 2.75) is 12.8 Å². The van der Waals surface area contributed by atoms with E-state index in [2.05, 4.69) is 89.1 Å². The molecule has 0 radical (unpaired) electrons. The summed E-state index contributed by atoms with van der Waals surface area (Å²) in [5.74, 6) is -2.73. The van der Waals surface area contributed by atoms with Gasteiger partial charge in [-0.05, 0) is 61.0 Å². The zero-order chi connectivity index (χ0) is 34.0. The topological polar surface area (TPSA) is 353 Å². The van der Waals surface area contributed by atoms with Gasteiger partial charge < -0.3 is 41.9 Å². The molecule has 24 heteroatoms. The number of benzene rings is 1. The highest BCUT2D eigenvalue weighted by atomic mass is 32.1. The van der Waals surface area contributed by atoms with E-state index in [9.17, 15) is 19.2 Å². The van der Waals surface area contributed by atoms with Gasteiger partial charge >= 0.3 is 0 Å². The zero-order valence-electron chi connectivity index (χ0n) is 21.9. The van der Waals surface area contributed by atoms with Gasteiger partial charge in [0.25, 0.3) is 56.6 Å². The predicted octanol–water partition coefficient (Wildman–Crippen LogP) is -2.07. The molecular formula is C20H24N12O8S4. The molecule has 0 fully saturated rings. The van der Waals surface area contributed by atoms with Crippen molar-refractivity contribution in [1.82, 2.24) is 21.3 Å². The fraction of sp³-hybridized carbons (Fsp3) is 0.100. The summed E-state index contributed by atoms with van der Waals surface area (Å²) >= 11 is 18.5. The van der Waals surface area contributed by atoms with Crippen LogP contribution < -0.4 is 44.2 Å². The summed E-state index contributed by atoms with van der Waals surface area (Å²) in [7, 11) is 0. The highest BCUT2D eigenvalue weighted by Gasteiger charge is 2.19. The summed E-state index contributed by atoms with van der Waals surface area (Å²) in [5, 5.41) is 34.2. The Balaban J connectivity index is 0.000000856. The number of amidine groups is 4. The molecule has 4 amide bonds. The molecule has 0 aliphatic heterocycles. The monoisotopic (exact) mass is 688 g/mol. The first kappa shape index (κ1) is 38.5. The lowest BCUT2D eigenvalue weighted by molar-refractivity contribution is -0.125. The van der Waals surface area contributed by atoms with E-state index in [1.165, 1.54) is 24.3 Å². The maximum absolute atomic E-state index is 12.1. The van der Waals surface area contributed by atoms with Crippen molar-refractivity contribution in [2.24, 2.45) is 22.9 Å². The van der Waals surface area contributed by atoms with Crippen molar-refractivity contribution in [1.29, 1.82) is 21.6 Å². The second-order valence-corrected chi connectivity index (χ2v) is 8.55. The van der Waals surface area contributed by atoms with Crippen LogP contribution in [-0.2, 0) is 28.5 Å². The fourth-order valence-corrected chi connectivity index (χ4v) is 3.05. The van der Waals surface area contributed by atoms with E-state index in [0.29, 0.717) is 0 Å². The maximum Gasteiger partial charge on any atom is 0.286 e. The lowest BCUT2D eigenvalue weighted by atomic mass is 10.1. The average Bonchev–Trinajstić information content (AvgIpc) is 2.85. The number of carbonyl (C=O) groups is 4. The SMILES string of the molecule is N=C(N)OC(=S)NC(=O)CCC(=O)NC(=S)OC(=N)N.N=C(N)OC(=S)NC(=O)c1ccccc1C(=O)NC(=S)OC(=N)N. The van der Waals surface area contributed by atoms with Crippen LogP contribution in [0.3, 0.4) is 0 Å². The van der Waals surface area contributed by atoms with Gasteiger partial charge in [0, 0.05) is 12.8 Å². The second-order valence-electron chi connectivity index (χ2n) is 7.07. The molecule has 1 aromatic carbocycles. The van der Waals surface area contributed by atoms with Crippen LogP contribution in [0.5, 0.6) is 0 Å². The normalized spacial score (nSPS) is 9.18. The fourth-order valence-electron chi connectivity index (χ4n) is 2.28. The Morgan fingerprint density at radius 1 is 0.545 bits per heavy atom. The van der Waals surface area contributed by atoms with Gasteiger partial charge in [0.15, 0.2) is 0 Å². The van der Waals surface area contributed by atoms with E-state index in [1.54, 1.807) is 0 Å². The van der Waals surface area contributed by atoms with Gasteiger partial charge in [-0.3, -0.25) is 62.1 Å². The van der Waals surface area contributed by atoms with E-state index < -0.39 is 68.4 Å². The maximum atomic E-state index is 12.1. The van der Waals surface area contributed by atoms with Gasteiger partial charge in [-0.25, -0.2) is 0 Å². The summed E-state index contributed by atoms with van der Waals surface area (Å²) in [5.41, 5.74) is 19.6. The van der Waals surface area contributed by atoms with Crippen LogP contribution in [0.25, 0.3) is 0 Å². The Labute approximate surface area is 268 Å². The lowest BCUT2D eigenvalue weighted by Gasteiger charge is -2.11. The molecule has 0 aliphatic carbocycles. The third-order valence-corrected chi connectivity index (χ3v) is 4.46. The molecule has 0 atom stereocenters. The Morgan fingerprint density at radius 3 is 1.05 bits per heavy atom. The number of nitrogens with two attached hydrogens (primary N) is 4. The molecule has 0 bridgehead atoms. The summed E-state index contributed by atoms with van der Waals surface area (Å²) in [6, 6.07) is 3.02. The average molecular weight is 689 g/mol. The van der Waals surface area contributed by atoms with Gasteiger partial charge in [0.1, 0.15) is 0 Å². The van der Waals surface area contributed by atoms with Crippen molar-refractivity contribution in [3.05, 3.63) is 35.4 Å². The second kappa shape index (κ2) is 19.6. The zero-order valence-corrected chi connectivity index (χ0v) is 25.2. The van der Waals surface area contributed by atoms with Crippen LogP contribution in [0.2, 0.25) is 0 Å². The minimum Gasteiger partial charge on any atom is -0.399 e. The number of hydrogen-bond donors (Lipinski definition) is 12. The Morgan fingerprint density at radius 2 is 0.795 bits per heavy atom. The molecule has 16 N–H and O–H groups in total. The first-order chi connectivity index (χ1) is 20.4. The van der Waals surface area contributed by atoms with E-state index in [4.69, 9.17) is 44.6 Å². The van der Waals surface area contributed by atoms with Gasteiger partial charge in [0.2, 0.25) is 11.8 Å². The smallest absolute Gasteiger partial charge is 0.286 e. The molecule has 1 aromatic rings. The summed E-state index contributed by atoms with van der Waals surface area (Å²) in [6.07, 6.45) is -0.425. The largest absolute Gasteiger partial charge is 0.399 e. The van der Waals surface area contributed by atoms with Crippen LogP contribution in [0, 0.1) is 21.6 Å². The molecule has 0 saturated carbocycles. The van der Waals surface area contributed by atoms with Crippen molar-refractivity contribution < 1.29 is 38.1 Å². The van der Waals surface area contributed by atoms with Crippen LogP contribution in [0.1, 0.15) is 33.6 Å². The van der Waals surface area contributed by atoms with Gasteiger partial charge in [0.05, 0.1) is 11.1 Å².